The van der Waals surface area contributed by atoms with Crippen LogP contribution in [0.25, 0.3) is 0 Å². The van der Waals surface area contributed by atoms with E-state index in [1.54, 1.807) is 0 Å². The molecule has 0 N–H and O–H groups in total. The van der Waals surface area contributed by atoms with Gasteiger partial charge in [0, 0.05) is 0 Å². The van der Waals surface area contributed by atoms with Crippen LogP contribution in [0.4, 0.5) is 0 Å². The number of hydrogen-bond acceptors (Lipinski definition) is 0. The molecule has 5 aliphatic carbocycles. The molecule has 0 amide bonds. The highest BCUT2D eigenvalue weighted by molar-refractivity contribution is 5.21. The number of fused-ring (bicyclic) bond motifs is 3. The molecule has 0 unspecified atom stereocenters. The zero-order valence-corrected chi connectivity index (χ0v) is 9.05. The van der Waals surface area contributed by atoms with Gasteiger partial charge in [-0.1, -0.05) is 48.6 Å². The molecular formula is C15H18. The van der Waals surface area contributed by atoms with Crippen molar-refractivity contribution in [2.24, 2.45) is 23.7 Å². The second kappa shape index (κ2) is 3.84. The van der Waals surface area contributed by atoms with Gasteiger partial charge in [-0.2, -0.15) is 0 Å². The largest absolute Gasteiger partial charge is 0.0810 e. The smallest absolute Gasteiger partial charge is 0.00445 e. The van der Waals surface area contributed by atoms with Gasteiger partial charge in [0.25, 0.3) is 0 Å². The van der Waals surface area contributed by atoms with Crippen LogP contribution in [0, 0.1) is 23.7 Å². The Labute approximate surface area is 92.1 Å². The first-order valence-electron chi connectivity index (χ1n) is 6.13. The minimum Gasteiger partial charge on any atom is -0.0810 e. The Bertz CT molecular complexity index is 285. The summed E-state index contributed by atoms with van der Waals surface area (Å²) in [5.41, 5.74) is 0. The first kappa shape index (κ1) is 9.21. The maximum Gasteiger partial charge on any atom is -0.00445 e. The third kappa shape index (κ3) is 1.99. The van der Waals surface area contributed by atoms with Crippen LogP contribution in [-0.2, 0) is 0 Å². The molecular weight excluding hydrogens is 180 g/mol. The van der Waals surface area contributed by atoms with Crippen LogP contribution >= 0.6 is 0 Å². The fourth-order valence-corrected chi connectivity index (χ4v) is 2.80. The normalized spacial score (nSPS) is 42.1. The Morgan fingerprint density at radius 3 is 0.933 bits per heavy atom. The van der Waals surface area contributed by atoms with Crippen LogP contribution < -0.4 is 0 Å². The van der Waals surface area contributed by atoms with E-state index in [0.29, 0.717) is 0 Å². The Kier molecular flexibility index (Phi) is 2.36. The second-order valence-corrected chi connectivity index (χ2v) is 5.01. The zero-order valence-electron chi connectivity index (χ0n) is 9.05. The molecule has 78 valence electrons. The van der Waals surface area contributed by atoms with Crippen LogP contribution in [0.2, 0.25) is 0 Å². The molecule has 0 saturated carbocycles. The molecule has 0 nitrogen and oxygen atoms in total. The van der Waals surface area contributed by atoms with Crippen molar-refractivity contribution in [3.63, 3.8) is 0 Å². The number of hydrogen-bond donors (Lipinski definition) is 0. The van der Waals surface area contributed by atoms with E-state index in [1.807, 2.05) is 0 Å². The molecule has 0 heterocycles. The van der Waals surface area contributed by atoms with Gasteiger partial charge in [-0.25, -0.2) is 0 Å². The minimum atomic E-state index is 0.792. The van der Waals surface area contributed by atoms with Crippen molar-refractivity contribution in [1.82, 2.24) is 0 Å². The second-order valence-electron chi connectivity index (χ2n) is 5.01. The summed E-state index contributed by atoms with van der Waals surface area (Å²) in [4.78, 5) is 0. The van der Waals surface area contributed by atoms with Gasteiger partial charge >= 0.3 is 0 Å². The molecule has 0 aromatic carbocycles. The summed E-state index contributed by atoms with van der Waals surface area (Å²) in [5.74, 6) is 3.20. The third-order valence-corrected chi connectivity index (χ3v) is 3.80. The Morgan fingerprint density at radius 2 is 0.800 bits per heavy atom. The van der Waals surface area contributed by atoms with E-state index < -0.39 is 0 Å². The fourth-order valence-electron chi connectivity index (χ4n) is 2.80. The fraction of sp³-hybridized carbons (Fsp3) is 0.467. The summed E-state index contributed by atoms with van der Waals surface area (Å²) >= 11 is 0. The first-order valence-corrected chi connectivity index (χ1v) is 6.13. The lowest BCUT2D eigenvalue weighted by Gasteiger charge is -2.23. The average molecular weight is 198 g/mol. The van der Waals surface area contributed by atoms with Crippen LogP contribution in [-0.4, -0.2) is 0 Å². The van der Waals surface area contributed by atoms with Gasteiger partial charge in [-0.3, -0.25) is 0 Å². The van der Waals surface area contributed by atoms with Gasteiger partial charge in [-0.15, -0.1) is 0 Å². The van der Waals surface area contributed by atoms with E-state index in [0.717, 1.165) is 23.7 Å². The van der Waals surface area contributed by atoms with Crippen molar-refractivity contribution in [2.75, 3.05) is 0 Å². The van der Waals surface area contributed by atoms with E-state index >= 15 is 0 Å². The molecule has 5 rings (SSSR count). The zero-order chi connectivity index (χ0) is 10.1. The predicted molar refractivity (Wildman–Crippen MR) is 64.4 cm³/mol. The summed E-state index contributed by atoms with van der Waals surface area (Å²) < 4.78 is 0. The summed E-state index contributed by atoms with van der Waals surface area (Å²) in [6, 6.07) is 0. The van der Waals surface area contributed by atoms with Gasteiger partial charge < -0.3 is 0 Å². The number of rotatable bonds is 0. The lowest BCUT2D eigenvalue weighted by atomic mass is 9.82. The van der Waals surface area contributed by atoms with Crippen molar-refractivity contribution >= 4 is 0 Å². The van der Waals surface area contributed by atoms with E-state index in [4.69, 9.17) is 0 Å². The molecule has 0 heteroatoms. The maximum atomic E-state index is 2.33. The molecule has 0 aliphatic heterocycles. The van der Waals surface area contributed by atoms with Crippen molar-refractivity contribution in [3.05, 3.63) is 48.6 Å². The minimum absolute atomic E-state index is 0.792. The van der Waals surface area contributed by atoms with Crippen LogP contribution in [0.5, 0.6) is 0 Å². The van der Waals surface area contributed by atoms with Crippen molar-refractivity contribution in [2.45, 2.75) is 19.3 Å². The number of allylic oxidation sites excluding steroid dienone is 8. The Hall–Kier alpha value is -1.04. The van der Waals surface area contributed by atoms with Gasteiger partial charge in [0.05, 0.1) is 0 Å². The Balaban J connectivity index is 0.0000000971. The van der Waals surface area contributed by atoms with Gasteiger partial charge in [0.1, 0.15) is 0 Å². The molecule has 5 aliphatic rings. The van der Waals surface area contributed by atoms with E-state index in [1.165, 1.54) is 19.3 Å². The predicted octanol–water partition coefficient (Wildman–Crippen LogP) is 3.89. The van der Waals surface area contributed by atoms with Crippen LogP contribution in [0.1, 0.15) is 19.3 Å². The molecule has 0 spiro atoms. The van der Waals surface area contributed by atoms with Crippen LogP contribution in [0.15, 0.2) is 48.6 Å². The SMILES string of the molecule is C1=CC2C=CC1C2.C1=CC2C=CC1CC2. The molecule has 4 bridgehead atoms. The molecule has 0 saturated heterocycles. The highest BCUT2D eigenvalue weighted by atomic mass is 14.2. The first-order chi connectivity index (χ1) is 7.40. The van der Waals surface area contributed by atoms with Gasteiger partial charge in [-0.05, 0) is 42.9 Å². The highest BCUT2D eigenvalue weighted by Crippen LogP contribution is 2.31. The Morgan fingerprint density at radius 1 is 0.467 bits per heavy atom. The van der Waals surface area contributed by atoms with E-state index in [2.05, 4.69) is 48.6 Å². The molecule has 0 aromatic rings. The quantitative estimate of drug-likeness (QED) is 0.518. The summed E-state index contributed by atoms with van der Waals surface area (Å²) in [6.45, 7) is 0. The van der Waals surface area contributed by atoms with E-state index in [-0.39, 0.29) is 0 Å². The van der Waals surface area contributed by atoms with Crippen LogP contribution in [0.3, 0.4) is 0 Å². The third-order valence-electron chi connectivity index (χ3n) is 3.80. The molecule has 0 atom stereocenters. The average Bonchev–Trinajstić information content (AvgIpc) is 2.97. The summed E-state index contributed by atoms with van der Waals surface area (Å²) in [6.07, 6.45) is 22.6. The van der Waals surface area contributed by atoms with Crippen molar-refractivity contribution in [3.8, 4) is 0 Å². The van der Waals surface area contributed by atoms with Gasteiger partial charge in [0.15, 0.2) is 0 Å². The summed E-state index contributed by atoms with van der Waals surface area (Å²) in [5, 5.41) is 0. The topological polar surface area (TPSA) is 0 Å². The van der Waals surface area contributed by atoms with Crippen molar-refractivity contribution < 1.29 is 0 Å². The monoisotopic (exact) mass is 198 g/mol. The molecule has 15 heavy (non-hydrogen) atoms. The van der Waals surface area contributed by atoms with Crippen molar-refractivity contribution in [1.29, 1.82) is 0 Å². The maximum absolute atomic E-state index is 2.33. The lowest BCUT2D eigenvalue weighted by molar-refractivity contribution is 0.530. The summed E-state index contributed by atoms with van der Waals surface area (Å²) in [7, 11) is 0. The standard InChI is InChI=1S/C8H10.C7H8/c1-2-8-5-3-7(1)4-6-8;1-2-7-4-3-6(1)5-7/h1-3,5,7-8H,4,6H2;1-4,6-7H,5H2. The lowest BCUT2D eigenvalue weighted by Crippen LogP contribution is -2.10. The molecule has 0 radical (unpaired) electrons. The van der Waals surface area contributed by atoms with Gasteiger partial charge in [0.2, 0.25) is 0 Å². The molecule has 0 aromatic heterocycles. The van der Waals surface area contributed by atoms with E-state index in [9.17, 15) is 0 Å². The highest BCUT2D eigenvalue weighted by Gasteiger charge is 2.19. The molecule has 0 fully saturated rings.